The zero-order chi connectivity index (χ0) is 17.1. The molecule has 2 aromatic rings. The highest BCUT2D eigenvalue weighted by molar-refractivity contribution is 7.80. The Balaban J connectivity index is 1.87. The molecular weight excluding hydrogens is 332 g/mol. The van der Waals surface area contributed by atoms with Crippen molar-refractivity contribution in [2.45, 2.75) is 19.9 Å². The molecule has 2 heterocycles. The Kier molecular flexibility index (Phi) is 4.96. The van der Waals surface area contributed by atoms with Gasteiger partial charge in [-0.2, -0.15) is 0 Å². The number of thiocarbonyl (C=S) groups is 1. The van der Waals surface area contributed by atoms with Gasteiger partial charge in [-0.05, 0) is 25.5 Å². The zero-order valence-corrected chi connectivity index (χ0v) is 14.0. The van der Waals surface area contributed by atoms with E-state index in [1.807, 2.05) is 6.08 Å². The highest BCUT2D eigenvalue weighted by Gasteiger charge is 2.18. The lowest BCUT2D eigenvalue weighted by Crippen LogP contribution is -2.20. The number of nitrogens with one attached hydrogen (secondary N) is 2. The molecule has 24 heavy (non-hydrogen) atoms. The second kappa shape index (κ2) is 7.14. The third kappa shape index (κ3) is 3.65. The molecule has 8 heteroatoms. The van der Waals surface area contributed by atoms with Crippen molar-refractivity contribution in [1.29, 1.82) is 0 Å². The molecule has 5 nitrogen and oxygen atoms in total. The lowest BCUT2D eigenvalue weighted by atomic mass is 9.99. The molecule has 1 aromatic heterocycles. The fourth-order valence-electron chi connectivity index (χ4n) is 2.57. The van der Waals surface area contributed by atoms with E-state index in [9.17, 15) is 8.78 Å². The summed E-state index contributed by atoms with van der Waals surface area (Å²) in [5.41, 5.74) is 1.65. The van der Waals surface area contributed by atoms with Gasteiger partial charge in [0.2, 0.25) is 0 Å². The highest BCUT2D eigenvalue weighted by atomic mass is 32.1. The van der Waals surface area contributed by atoms with Gasteiger partial charge in [-0.15, -0.1) is 5.10 Å². The molecule has 1 aliphatic heterocycles. The number of benzene rings is 1. The quantitative estimate of drug-likeness (QED) is 0.830. The van der Waals surface area contributed by atoms with Crippen molar-refractivity contribution in [3.8, 4) is 5.69 Å². The van der Waals surface area contributed by atoms with E-state index in [-0.39, 0.29) is 5.56 Å². The Labute approximate surface area is 143 Å². The van der Waals surface area contributed by atoms with E-state index < -0.39 is 11.6 Å². The lowest BCUT2D eigenvalue weighted by Gasteiger charge is -2.16. The second-order valence-electron chi connectivity index (χ2n) is 5.53. The summed E-state index contributed by atoms with van der Waals surface area (Å²) >= 11 is 4.93. The molecule has 0 saturated carbocycles. The van der Waals surface area contributed by atoms with Crippen molar-refractivity contribution >= 4 is 22.8 Å². The van der Waals surface area contributed by atoms with Gasteiger partial charge >= 0.3 is 0 Å². The smallest absolute Gasteiger partial charge is 0.135 e. The minimum Gasteiger partial charge on any atom is -0.374 e. The maximum Gasteiger partial charge on any atom is 0.135 e. The molecule has 0 aliphatic carbocycles. The van der Waals surface area contributed by atoms with E-state index in [2.05, 4.69) is 20.9 Å². The van der Waals surface area contributed by atoms with Crippen molar-refractivity contribution in [3.63, 3.8) is 0 Å². The molecule has 3 rings (SSSR count). The third-order valence-electron chi connectivity index (χ3n) is 3.74. The van der Waals surface area contributed by atoms with Gasteiger partial charge < -0.3 is 10.6 Å². The van der Waals surface area contributed by atoms with E-state index >= 15 is 0 Å². The maximum absolute atomic E-state index is 14.4. The molecule has 0 amide bonds. The molecule has 0 spiro atoms. The molecule has 0 saturated heterocycles. The van der Waals surface area contributed by atoms with E-state index in [0.29, 0.717) is 48.0 Å². The number of hydrogen-bond acceptors (Lipinski definition) is 4. The number of rotatable bonds is 4. The Morgan fingerprint density at radius 3 is 2.75 bits per heavy atom. The van der Waals surface area contributed by atoms with Crippen molar-refractivity contribution < 1.29 is 8.78 Å². The van der Waals surface area contributed by atoms with Crippen LogP contribution in [0.3, 0.4) is 0 Å². The van der Waals surface area contributed by atoms with Crippen LogP contribution in [0.4, 0.5) is 8.78 Å². The van der Waals surface area contributed by atoms with Crippen LogP contribution in [-0.4, -0.2) is 33.1 Å². The predicted molar refractivity (Wildman–Crippen MR) is 91.9 cm³/mol. The molecule has 0 unspecified atom stereocenters. The number of hydrogen-bond donors (Lipinski definition) is 2. The summed E-state index contributed by atoms with van der Waals surface area (Å²) in [6, 6.07) is 2.55. The number of aromatic nitrogens is 3. The minimum atomic E-state index is -0.594. The van der Waals surface area contributed by atoms with Crippen LogP contribution in [0.1, 0.15) is 24.6 Å². The standard InChI is InChI=1S/C16H17F2N5S/c1-10(24)20-8-12-9-23(22-21-12)13-6-14(17)16(15(18)7-13)11-2-4-19-5-3-11/h2,6-7,9,19H,3-5,8H2,1H3,(H,20,24). The summed E-state index contributed by atoms with van der Waals surface area (Å²) in [7, 11) is 0. The molecule has 0 atom stereocenters. The topological polar surface area (TPSA) is 54.8 Å². The van der Waals surface area contributed by atoms with Crippen LogP contribution in [0, 0.1) is 11.6 Å². The van der Waals surface area contributed by atoms with Crippen molar-refractivity contribution in [2.24, 2.45) is 0 Å². The zero-order valence-electron chi connectivity index (χ0n) is 13.1. The molecule has 126 valence electrons. The fraction of sp³-hybridized carbons (Fsp3) is 0.312. The first-order valence-electron chi connectivity index (χ1n) is 7.60. The molecule has 1 aliphatic rings. The Hall–Kier alpha value is -2.19. The normalized spacial score (nSPS) is 14.4. The minimum absolute atomic E-state index is 0.0404. The number of nitrogens with zero attached hydrogens (tertiary/aromatic N) is 3. The first-order valence-corrected chi connectivity index (χ1v) is 8.00. The van der Waals surface area contributed by atoms with Gasteiger partial charge in [0.15, 0.2) is 0 Å². The molecule has 0 fully saturated rings. The average Bonchev–Trinajstić information content (AvgIpc) is 3.02. The van der Waals surface area contributed by atoms with Crippen molar-refractivity contribution in [1.82, 2.24) is 25.6 Å². The summed E-state index contributed by atoms with van der Waals surface area (Å²) in [6.45, 7) is 3.51. The van der Waals surface area contributed by atoms with Gasteiger partial charge in [0.25, 0.3) is 0 Å². The fourth-order valence-corrected chi connectivity index (χ4v) is 2.64. The summed E-state index contributed by atoms with van der Waals surface area (Å²) in [4.78, 5) is 0.640. The van der Waals surface area contributed by atoms with Crippen LogP contribution >= 0.6 is 12.2 Å². The second-order valence-corrected chi connectivity index (χ2v) is 6.14. The predicted octanol–water partition coefficient (Wildman–Crippen LogP) is 2.36. The maximum atomic E-state index is 14.4. The third-order valence-corrected chi connectivity index (χ3v) is 3.88. The molecule has 1 aromatic carbocycles. The van der Waals surface area contributed by atoms with Crippen LogP contribution in [0.25, 0.3) is 11.3 Å². The van der Waals surface area contributed by atoms with E-state index in [4.69, 9.17) is 12.2 Å². The summed E-state index contributed by atoms with van der Waals surface area (Å²) in [5, 5.41) is 14.0. The van der Waals surface area contributed by atoms with E-state index in [1.165, 1.54) is 16.8 Å². The van der Waals surface area contributed by atoms with Crippen molar-refractivity contribution in [2.75, 3.05) is 13.1 Å². The first-order chi connectivity index (χ1) is 11.5. The van der Waals surface area contributed by atoms with Gasteiger partial charge in [-0.25, -0.2) is 13.5 Å². The Morgan fingerprint density at radius 1 is 1.38 bits per heavy atom. The van der Waals surface area contributed by atoms with Crippen LogP contribution < -0.4 is 10.6 Å². The van der Waals surface area contributed by atoms with Crippen LogP contribution in [0.5, 0.6) is 0 Å². The first kappa shape index (κ1) is 16.7. The summed E-state index contributed by atoms with van der Waals surface area (Å²) in [5.74, 6) is -1.19. The van der Waals surface area contributed by atoms with Gasteiger partial charge in [-0.1, -0.05) is 23.5 Å². The van der Waals surface area contributed by atoms with E-state index in [1.54, 1.807) is 13.1 Å². The van der Waals surface area contributed by atoms with Gasteiger partial charge in [0.05, 0.1) is 23.4 Å². The average molecular weight is 349 g/mol. The summed E-state index contributed by atoms with van der Waals surface area (Å²) in [6.07, 6.45) is 4.03. The number of halogens is 2. The molecule has 0 bridgehead atoms. The Morgan fingerprint density at radius 2 is 2.12 bits per heavy atom. The highest BCUT2D eigenvalue weighted by Crippen LogP contribution is 2.27. The SMILES string of the molecule is CC(=S)NCc1cn(-c2cc(F)c(C3=CCNCC3)c(F)c2)nn1. The van der Waals surface area contributed by atoms with E-state index in [0.717, 1.165) is 0 Å². The lowest BCUT2D eigenvalue weighted by molar-refractivity contribution is 0.570. The van der Waals surface area contributed by atoms with Crippen LogP contribution in [0.15, 0.2) is 24.4 Å². The van der Waals surface area contributed by atoms with Gasteiger partial charge in [-0.3, -0.25) is 0 Å². The van der Waals surface area contributed by atoms with Gasteiger partial charge in [0, 0.05) is 24.2 Å². The largest absolute Gasteiger partial charge is 0.374 e. The molecule has 2 N–H and O–H groups in total. The van der Waals surface area contributed by atoms with Crippen molar-refractivity contribution in [3.05, 3.63) is 47.3 Å². The van der Waals surface area contributed by atoms with Crippen LogP contribution in [0.2, 0.25) is 0 Å². The van der Waals surface area contributed by atoms with Crippen LogP contribution in [-0.2, 0) is 6.54 Å². The summed E-state index contributed by atoms with van der Waals surface area (Å²) < 4.78 is 30.2. The molecule has 0 radical (unpaired) electrons. The van der Waals surface area contributed by atoms with Gasteiger partial charge in [0.1, 0.15) is 17.3 Å². The Bertz CT molecular complexity index is 777. The molecular formula is C16H17F2N5S. The monoisotopic (exact) mass is 349 g/mol.